The van der Waals surface area contributed by atoms with Crippen LogP contribution in [0.25, 0.3) is 0 Å². The van der Waals surface area contributed by atoms with Gasteiger partial charge >= 0.3 is 0 Å². The van der Waals surface area contributed by atoms with Crippen LogP contribution in [0.5, 0.6) is 0 Å². The van der Waals surface area contributed by atoms with Crippen molar-refractivity contribution in [1.29, 1.82) is 0 Å². The molecule has 74 valence electrons. The lowest BCUT2D eigenvalue weighted by atomic mass is 10.2. The van der Waals surface area contributed by atoms with Gasteiger partial charge in [0.2, 0.25) is 0 Å². The Kier molecular flexibility index (Phi) is 3.41. The Morgan fingerprint density at radius 2 is 1.17 bits per heavy atom. The van der Waals surface area contributed by atoms with Crippen LogP contribution in [0.4, 0.5) is 0 Å². The van der Waals surface area contributed by atoms with Gasteiger partial charge in [0.1, 0.15) is 0 Å². The fraction of sp³-hybridized carbons (Fsp3) is 1.00. The van der Waals surface area contributed by atoms with E-state index in [0.29, 0.717) is 5.04 Å². The molecule has 0 atom stereocenters. The third kappa shape index (κ3) is 3.90. The Balaban J connectivity index is 4.44. The summed E-state index contributed by atoms with van der Waals surface area (Å²) in [7, 11) is -1.82. The summed E-state index contributed by atoms with van der Waals surface area (Å²) in [5, 5.41) is 0.577. The average Bonchev–Trinajstić information content (AvgIpc) is 1.52. The largest absolute Gasteiger partial charge is 0.0698 e. The van der Waals surface area contributed by atoms with E-state index in [1.54, 1.807) is 5.67 Å². The van der Waals surface area contributed by atoms with Crippen molar-refractivity contribution in [3.63, 3.8) is 0 Å². The molecule has 0 aliphatic carbocycles. The second kappa shape index (κ2) is 3.30. The number of hydrogen-bond donors (Lipinski definition) is 0. The van der Waals surface area contributed by atoms with Crippen LogP contribution in [0.15, 0.2) is 0 Å². The van der Waals surface area contributed by atoms with Gasteiger partial charge in [-0.1, -0.05) is 59.2 Å². The van der Waals surface area contributed by atoms with Gasteiger partial charge in [0.05, 0.1) is 8.07 Å². The number of rotatable bonds is 2. The fourth-order valence-corrected chi connectivity index (χ4v) is 14.3. The van der Waals surface area contributed by atoms with Gasteiger partial charge in [0.15, 0.2) is 0 Å². The van der Waals surface area contributed by atoms with E-state index in [0.717, 1.165) is 0 Å². The van der Waals surface area contributed by atoms with E-state index in [9.17, 15) is 0 Å². The van der Waals surface area contributed by atoms with Crippen LogP contribution in [0.1, 0.15) is 20.8 Å². The van der Waals surface area contributed by atoms with E-state index in [-0.39, 0.29) is 0 Å². The van der Waals surface area contributed by atoms with Crippen LogP contribution in [0.2, 0.25) is 43.4 Å². The predicted molar refractivity (Wildman–Crippen MR) is 65.4 cm³/mol. The highest BCUT2D eigenvalue weighted by Crippen LogP contribution is 2.40. The molecular weight excluding hydrogens is 176 g/mol. The van der Waals surface area contributed by atoms with Gasteiger partial charge in [-0.15, -0.1) is 0 Å². The molecule has 0 aliphatic rings. The first-order valence-electron chi connectivity index (χ1n) is 4.96. The minimum Gasteiger partial charge on any atom is -0.0698 e. The molecule has 0 rings (SSSR count). The SMILES string of the molecule is CC(C)(C)[Si](C)(C)C[Si](C)(C)C. The highest BCUT2D eigenvalue weighted by molar-refractivity contribution is 6.95. The third-order valence-electron chi connectivity index (χ3n) is 3.00. The van der Waals surface area contributed by atoms with Crippen LogP contribution in [-0.4, -0.2) is 16.1 Å². The van der Waals surface area contributed by atoms with Crippen LogP contribution < -0.4 is 0 Å². The lowest BCUT2D eigenvalue weighted by molar-refractivity contribution is 0.721. The summed E-state index contributed by atoms with van der Waals surface area (Å²) in [6.45, 7) is 19.8. The zero-order valence-electron chi connectivity index (χ0n) is 10.2. The van der Waals surface area contributed by atoms with Crippen LogP contribution >= 0.6 is 0 Å². The van der Waals surface area contributed by atoms with Gasteiger partial charge in [-0.3, -0.25) is 0 Å². The maximum atomic E-state index is 2.55. The third-order valence-corrected chi connectivity index (χ3v) is 14.8. The molecule has 0 spiro atoms. The molecule has 0 N–H and O–H groups in total. The first-order chi connectivity index (χ1) is 4.96. The Morgan fingerprint density at radius 1 is 0.833 bits per heavy atom. The Morgan fingerprint density at radius 3 is 1.25 bits per heavy atom. The van der Waals surface area contributed by atoms with Crippen molar-refractivity contribution in [1.82, 2.24) is 0 Å². The molecule has 0 radical (unpaired) electrons. The predicted octanol–water partition coefficient (Wildman–Crippen LogP) is 4.37. The number of hydrogen-bond acceptors (Lipinski definition) is 0. The van der Waals surface area contributed by atoms with Crippen LogP contribution in [-0.2, 0) is 0 Å². The van der Waals surface area contributed by atoms with Crippen LogP contribution in [0, 0.1) is 0 Å². The van der Waals surface area contributed by atoms with Crippen molar-refractivity contribution < 1.29 is 0 Å². The summed E-state index contributed by atoms with van der Waals surface area (Å²) in [6, 6.07) is 0. The van der Waals surface area contributed by atoms with Gasteiger partial charge in [-0.2, -0.15) is 0 Å². The maximum absolute atomic E-state index is 2.55. The summed E-state index contributed by atoms with van der Waals surface area (Å²) in [4.78, 5) is 0. The summed E-state index contributed by atoms with van der Waals surface area (Å²) in [5.74, 6) is 0. The Hall–Kier alpha value is 0.434. The van der Waals surface area contributed by atoms with Crippen molar-refractivity contribution in [3.05, 3.63) is 0 Å². The smallest absolute Gasteiger partial charge is 0.0501 e. The molecule has 0 heterocycles. The molecule has 0 amide bonds. The van der Waals surface area contributed by atoms with Gasteiger partial charge in [-0.25, -0.2) is 0 Å². The molecule has 0 aromatic rings. The summed E-state index contributed by atoms with van der Waals surface area (Å²) < 4.78 is 0. The molecule has 0 nitrogen and oxygen atoms in total. The summed E-state index contributed by atoms with van der Waals surface area (Å²) in [5.41, 5.74) is 1.56. The molecule has 12 heavy (non-hydrogen) atoms. The van der Waals surface area contributed by atoms with E-state index < -0.39 is 16.1 Å². The normalized spacial score (nSPS) is 15.0. The highest BCUT2D eigenvalue weighted by atomic mass is 28.4. The Bertz CT molecular complexity index is 146. The van der Waals surface area contributed by atoms with Crippen LogP contribution in [0.3, 0.4) is 0 Å². The summed E-state index contributed by atoms with van der Waals surface area (Å²) >= 11 is 0. The monoisotopic (exact) mass is 202 g/mol. The minimum atomic E-state index is -0.979. The van der Waals surface area contributed by atoms with Crippen molar-refractivity contribution in [2.75, 3.05) is 0 Å². The van der Waals surface area contributed by atoms with Crippen molar-refractivity contribution in [3.8, 4) is 0 Å². The second-order valence-corrected chi connectivity index (χ2v) is 18.7. The standard InChI is InChI=1S/C10H26Si2/c1-10(2,3)12(7,8)9-11(4,5)6/h9H2,1-8H3. The molecule has 0 fully saturated rings. The molecule has 0 unspecified atom stereocenters. The van der Waals surface area contributed by atoms with E-state index in [1.165, 1.54) is 0 Å². The van der Waals surface area contributed by atoms with Crippen molar-refractivity contribution in [2.24, 2.45) is 0 Å². The topological polar surface area (TPSA) is 0 Å². The maximum Gasteiger partial charge on any atom is 0.0501 e. The van der Waals surface area contributed by atoms with Gasteiger partial charge in [-0.05, 0) is 5.04 Å². The highest BCUT2D eigenvalue weighted by Gasteiger charge is 2.38. The van der Waals surface area contributed by atoms with E-state index in [4.69, 9.17) is 0 Å². The average molecular weight is 202 g/mol. The van der Waals surface area contributed by atoms with Gasteiger partial charge < -0.3 is 0 Å². The zero-order valence-corrected chi connectivity index (χ0v) is 12.2. The van der Waals surface area contributed by atoms with E-state index in [2.05, 4.69) is 53.5 Å². The van der Waals surface area contributed by atoms with Gasteiger partial charge in [0, 0.05) is 8.07 Å². The molecule has 0 aliphatic heterocycles. The molecule has 0 bridgehead atoms. The van der Waals surface area contributed by atoms with E-state index >= 15 is 0 Å². The van der Waals surface area contributed by atoms with Crippen molar-refractivity contribution in [2.45, 2.75) is 64.2 Å². The molecule has 0 aromatic heterocycles. The second-order valence-electron chi connectivity index (χ2n) is 6.87. The first-order valence-corrected chi connectivity index (χ1v) is 11.9. The van der Waals surface area contributed by atoms with Gasteiger partial charge in [0.25, 0.3) is 0 Å². The van der Waals surface area contributed by atoms with E-state index in [1.807, 2.05) is 0 Å². The fourth-order valence-electron chi connectivity index (χ4n) is 1.59. The molecule has 0 aromatic carbocycles. The minimum absolute atomic E-state index is 0.577. The lowest BCUT2D eigenvalue weighted by Gasteiger charge is -2.40. The molecular formula is C10H26Si2. The lowest BCUT2D eigenvalue weighted by Crippen LogP contribution is -2.44. The quantitative estimate of drug-likeness (QED) is 0.583. The molecule has 0 saturated heterocycles. The molecule has 2 heteroatoms. The zero-order chi connectivity index (χ0) is 10.2. The Labute approximate surface area is 80.8 Å². The van der Waals surface area contributed by atoms with Crippen molar-refractivity contribution >= 4 is 16.1 Å². The first kappa shape index (κ1) is 12.4. The molecule has 0 saturated carbocycles. The summed E-state index contributed by atoms with van der Waals surface area (Å²) in [6.07, 6.45) is 0.